The monoisotopic (exact) mass is 449 g/mol. The number of esters is 2. The fourth-order valence-electron chi connectivity index (χ4n) is 4.72. The molecule has 2 aliphatic heterocycles. The number of aryl methyl sites for hydroxylation is 1. The van der Waals surface area contributed by atoms with E-state index >= 15 is 0 Å². The number of benzene rings is 2. The smallest absolute Gasteiger partial charge is 0.331 e. The van der Waals surface area contributed by atoms with E-state index in [1.165, 1.54) is 14.2 Å². The molecule has 1 fully saturated rings. The largest absolute Gasteiger partial charge is 0.497 e. The second-order valence-electron chi connectivity index (χ2n) is 7.92. The zero-order valence-corrected chi connectivity index (χ0v) is 18.6. The van der Waals surface area contributed by atoms with Gasteiger partial charge in [0.05, 0.1) is 38.7 Å². The highest BCUT2D eigenvalue weighted by atomic mass is 16.5. The first-order valence-corrected chi connectivity index (χ1v) is 10.4. The van der Waals surface area contributed by atoms with Gasteiger partial charge in [-0.05, 0) is 42.3 Å². The first kappa shape index (κ1) is 20.8. The third-order valence-electron chi connectivity index (χ3n) is 6.18. The number of anilines is 2. The molecule has 1 saturated heterocycles. The molecule has 10 heteroatoms. The Kier molecular flexibility index (Phi) is 4.92. The minimum absolute atomic E-state index is 0.409. The van der Waals surface area contributed by atoms with Crippen LogP contribution in [0.5, 0.6) is 5.75 Å². The van der Waals surface area contributed by atoms with E-state index in [1.807, 2.05) is 54.4 Å². The maximum atomic E-state index is 13.2. The lowest BCUT2D eigenvalue weighted by molar-refractivity contribution is -0.153. The zero-order valence-electron chi connectivity index (χ0n) is 18.6. The van der Waals surface area contributed by atoms with Crippen LogP contribution in [0.2, 0.25) is 0 Å². The van der Waals surface area contributed by atoms with Crippen LogP contribution in [-0.2, 0) is 19.1 Å². The lowest BCUT2D eigenvalue weighted by atomic mass is 9.88. The molecular weight excluding hydrogens is 426 g/mol. The molecule has 5 rings (SSSR count). The molecule has 33 heavy (non-hydrogen) atoms. The predicted molar refractivity (Wildman–Crippen MR) is 118 cm³/mol. The van der Waals surface area contributed by atoms with E-state index < -0.39 is 29.9 Å². The summed E-state index contributed by atoms with van der Waals surface area (Å²) in [4.78, 5) is 26.3. The maximum absolute atomic E-state index is 13.2. The highest BCUT2D eigenvalue weighted by Gasteiger charge is 2.59. The minimum Gasteiger partial charge on any atom is -0.497 e. The molecule has 2 aliphatic rings. The number of methoxy groups -OCH3 is 3. The number of fused-ring (bicyclic) bond motifs is 6. The van der Waals surface area contributed by atoms with E-state index in [0.29, 0.717) is 11.7 Å². The number of hydrogen-bond acceptors (Lipinski definition) is 9. The molecule has 0 N–H and O–H groups in total. The Labute approximate surface area is 190 Å². The van der Waals surface area contributed by atoms with Crippen LogP contribution in [0.4, 0.5) is 11.6 Å². The van der Waals surface area contributed by atoms with Gasteiger partial charge in [0.1, 0.15) is 18.0 Å². The zero-order chi connectivity index (χ0) is 23.3. The van der Waals surface area contributed by atoms with E-state index in [2.05, 4.69) is 10.2 Å². The third-order valence-corrected chi connectivity index (χ3v) is 6.18. The van der Waals surface area contributed by atoms with Crippen LogP contribution in [0.25, 0.3) is 5.69 Å². The number of aromatic nitrogens is 3. The molecule has 0 saturated carbocycles. The second kappa shape index (κ2) is 7.80. The molecular formula is C23H23N5O5. The Hall–Kier alpha value is -4.08. The number of hydrogen-bond donors (Lipinski definition) is 0. The molecule has 10 nitrogen and oxygen atoms in total. The van der Waals surface area contributed by atoms with Crippen molar-refractivity contribution >= 4 is 23.6 Å². The summed E-state index contributed by atoms with van der Waals surface area (Å²) >= 11 is 0. The van der Waals surface area contributed by atoms with Gasteiger partial charge in [-0.25, -0.2) is 9.80 Å². The van der Waals surface area contributed by atoms with Crippen LogP contribution in [0, 0.1) is 12.8 Å². The Bertz CT molecular complexity index is 1220. The number of carbonyl (C=O) groups is 2. The van der Waals surface area contributed by atoms with Crippen molar-refractivity contribution in [2.24, 2.45) is 5.92 Å². The summed E-state index contributed by atoms with van der Waals surface area (Å²) in [5.74, 6) is -0.903. The summed E-state index contributed by atoms with van der Waals surface area (Å²) in [6.07, 6.45) is 1.59. The normalized spacial score (nSPS) is 20.5. The summed E-state index contributed by atoms with van der Waals surface area (Å²) in [5.41, 5.74) is 3.48. The number of carbonyl (C=O) groups excluding carboxylic acids is 2. The molecule has 0 spiro atoms. The first-order chi connectivity index (χ1) is 16.0. The van der Waals surface area contributed by atoms with E-state index in [9.17, 15) is 9.59 Å². The lowest BCUT2D eigenvalue weighted by Crippen LogP contribution is -2.50. The SMILES string of the molecule is COC(=O)[C@@H]1[C@H](C(=O)OC)N2c3nncn3-c3ccc(C)cc3N2[C@H]1c1ccc(OC)cc1. The molecule has 3 atom stereocenters. The van der Waals surface area contributed by atoms with Gasteiger partial charge in [-0.3, -0.25) is 14.4 Å². The van der Waals surface area contributed by atoms with Crippen LogP contribution in [-0.4, -0.2) is 54.1 Å². The average Bonchev–Trinajstić information content (AvgIpc) is 3.46. The van der Waals surface area contributed by atoms with Crippen molar-refractivity contribution in [1.29, 1.82) is 0 Å². The van der Waals surface area contributed by atoms with Crippen molar-refractivity contribution in [3.8, 4) is 11.4 Å². The van der Waals surface area contributed by atoms with Gasteiger partial charge in [-0.2, -0.15) is 0 Å². The molecule has 0 unspecified atom stereocenters. The van der Waals surface area contributed by atoms with Gasteiger partial charge >= 0.3 is 11.9 Å². The highest BCUT2D eigenvalue weighted by Crippen LogP contribution is 2.51. The van der Waals surface area contributed by atoms with Crippen molar-refractivity contribution < 1.29 is 23.8 Å². The summed E-state index contributed by atoms with van der Waals surface area (Å²) in [7, 11) is 4.21. The van der Waals surface area contributed by atoms with Crippen LogP contribution < -0.4 is 14.8 Å². The second-order valence-corrected chi connectivity index (χ2v) is 7.92. The topological polar surface area (TPSA) is 99.0 Å². The first-order valence-electron chi connectivity index (χ1n) is 10.4. The maximum Gasteiger partial charge on any atom is 0.331 e. The Morgan fingerprint density at radius 1 is 0.909 bits per heavy atom. The van der Waals surface area contributed by atoms with Gasteiger partial charge in [0, 0.05) is 0 Å². The molecule has 3 heterocycles. The standard InChI is InChI=1S/C23H23N5O5/c1-13-5-10-16-17(11-13)27-19(14-6-8-15(31-2)9-7-14)18(21(29)32-3)20(22(30)33-4)28(27)23-25-24-12-26(16)23/h5-12,18-20H,1-4H3/t18-,19-,20+/m0/s1. The van der Waals surface area contributed by atoms with E-state index in [1.54, 1.807) is 23.0 Å². The van der Waals surface area contributed by atoms with E-state index in [-0.39, 0.29) is 0 Å². The lowest BCUT2D eigenvalue weighted by Gasteiger charge is -2.40. The molecule has 0 aliphatic carbocycles. The van der Waals surface area contributed by atoms with Gasteiger partial charge in [0.15, 0.2) is 6.04 Å². The minimum atomic E-state index is -1.01. The summed E-state index contributed by atoms with van der Waals surface area (Å²) in [5, 5.41) is 12.0. The van der Waals surface area contributed by atoms with E-state index in [4.69, 9.17) is 14.2 Å². The molecule has 170 valence electrons. The number of nitrogens with zero attached hydrogens (tertiary/aromatic N) is 5. The Morgan fingerprint density at radius 2 is 1.64 bits per heavy atom. The highest BCUT2D eigenvalue weighted by molar-refractivity contribution is 5.93. The predicted octanol–water partition coefficient (Wildman–Crippen LogP) is 2.21. The van der Waals surface area contributed by atoms with E-state index in [0.717, 1.165) is 22.5 Å². The quantitative estimate of drug-likeness (QED) is 0.555. The van der Waals surface area contributed by atoms with Crippen molar-refractivity contribution in [2.45, 2.75) is 19.0 Å². The van der Waals surface area contributed by atoms with Crippen molar-refractivity contribution in [3.63, 3.8) is 0 Å². The summed E-state index contributed by atoms with van der Waals surface area (Å²) in [6, 6.07) is 11.8. The molecule has 0 amide bonds. The molecule has 0 bridgehead atoms. The van der Waals surface area contributed by atoms with Gasteiger partial charge < -0.3 is 14.2 Å². The summed E-state index contributed by atoms with van der Waals surface area (Å²) in [6.45, 7) is 1.99. The molecule has 1 aromatic heterocycles. The summed E-state index contributed by atoms with van der Waals surface area (Å²) < 4.78 is 17.4. The van der Waals surface area contributed by atoms with Crippen LogP contribution in [0.3, 0.4) is 0 Å². The molecule has 3 aromatic rings. The number of hydrazine groups is 1. The van der Waals surface area contributed by atoms with Gasteiger partial charge in [0.2, 0.25) is 0 Å². The van der Waals surface area contributed by atoms with Crippen molar-refractivity contribution in [3.05, 3.63) is 59.9 Å². The molecule has 2 aromatic carbocycles. The van der Waals surface area contributed by atoms with Crippen LogP contribution in [0.1, 0.15) is 17.2 Å². The third kappa shape index (κ3) is 3.01. The van der Waals surface area contributed by atoms with Gasteiger partial charge in [0.25, 0.3) is 5.95 Å². The average molecular weight is 449 g/mol. The van der Waals surface area contributed by atoms with Crippen molar-refractivity contribution in [1.82, 2.24) is 14.8 Å². The van der Waals surface area contributed by atoms with Crippen LogP contribution >= 0.6 is 0 Å². The Morgan fingerprint density at radius 3 is 2.30 bits per heavy atom. The fraction of sp³-hybridized carbons (Fsp3) is 0.304. The Balaban J connectivity index is 1.79. The van der Waals surface area contributed by atoms with Crippen molar-refractivity contribution in [2.75, 3.05) is 31.3 Å². The van der Waals surface area contributed by atoms with Gasteiger partial charge in [-0.15, -0.1) is 10.2 Å². The molecule has 0 radical (unpaired) electrons. The number of rotatable bonds is 4. The number of ether oxygens (including phenoxy) is 3. The van der Waals surface area contributed by atoms with Crippen LogP contribution in [0.15, 0.2) is 48.8 Å². The van der Waals surface area contributed by atoms with Gasteiger partial charge in [-0.1, -0.05) is 18.2 Å². The fourth-order valence-corrected chi connectivity index (χ4v) is 4.72.